The molecule has 0 unspecified atom stereocenters. The van der Waals surface area contributed by atoms with Crippen LogP contribution in [0.3, 0.4) is 0 Å². The molecular weight excluding hydrogens is 217 g/mol. The van der Waals surface area contributed by atoms with Crippen LogP contribution in [0.25, 0.3) is 0 Å². The number of carbonyl (C=O) groups is 1. The highest BCUT2D eigenvalue weighted by Crippen LogP contribution is 2.18. The lowest BCUT2D eigenvalue weighted by atomic mass is 9.95. The normalized spacial score (nSPS) is 16.8. The molecule has 0 aliphatic heterocycles. The largest absolute Gasteiger partial charge is 0.349 e. The quantitative estimate of drug-likeness (QED) is 0.838. The van der Waals surface area contributed by atoms with E-state index < -0.39 is 5.82 Å². The molecular formula is C14H18FNO. The van der Waals surface area contributed by atoms with Gasteiger partial charge >= 0.3 is 0 Å². The molecule has 17 heavy (non-hydrogen) atoms. The molecule has 1 amide bonds. The van der Waals surface area contributed by atoms with Crippen molar-refractivity contribution in [1.82, 2.24) is 5.32 Å². The Bertz CT molecular complexity index is 411. The highest BCUT2D eigenvalue weighted by molar-refractivity contribution is 5.94. The molecule has 0 bridgehead atoms. The molecule has 3 heteroatoms. The summed E-state index contributed by atoms with van der Waals surface area (Å²) in [7, 11) is 0. The van der Waals surface area contributed by atoms with Gasteiger partial charge in [0.05, 0.1) is 5.56 Å². The molecule has 0 atom stereocenters. The minimum absolute atomic E-state index is 0.163. The van der Waals surface area contributed by atoms with Gasteiger partial charge in [-0.15, -0.1) is 0 Å². The van der Waals surface area contributed by atoms with Crippen LogP contribution in [0.2, 0.25) is 0 Å². The number of carbonyl (C=O) groups excluding carboxylic acids is 1. The summed E-state index contributed by atoms with van der Waals surface area (Å²) in [5.41, 5.74) is 0.678. The van der Waals surface area contributed by atoms with E-state index in [0.717, 1.165) is 25.7 Å². The fourth-order valence-electron chi connectivity index (χ4n) is 2.33. The maximum Gasteiger partial charge on any atom is 0.254 e. The fourth-order valence-corrected chi connectivity index (χ4v) is 2.33. The van der Waals surface area contributed by atoms with Gasteiger partial charge < -0.3 is 5.32 Å². The highest BCUT2D eigenvalue weighted by atomic mass is 19.1. The Morgan fingerprint density at radius 1 is 1.29 bits per heavy atom. The standard InChI is InChI=1S/C14H18FNO/c1-10-6-5-9-12(13(10)15)14(17)16-11-7-3-2-4-8-11/h5-6,9,11H,2-4,7-8H2,1H3,(H,16,17). The van der Waals surface area contributed by atoms with E-state index in [1.807, 2.05) is 0 Å². The summed E-state index contributed by atoms with van der Waals surface area (Å²) < 4.78 is 13.7. The summed E-state index contributed by atoms with van der Waals surface area (Å²) in [5.74, 6) is -0.682. The number of amides is 1. The van der Waals surface area contributed by atoms with Crippen LogP contribution in [-0.4, -0.2) is 11.9 Å². The van der Waals surface area contributed by atoms with E-state index in [4.69, 9.17) is 0 Å². The number of benzene rings is 1. The average Bonchev–Trinajstić information content (AvgIpc) is 2.34. The van der Waals surface area contributed by atoms with Crippen LogP contribution in [0.1, 0.15) is 48.0 Å². The molecule has 0 saturated heterocycles. The maximum absolute atomic E-state index is 13.7. The molecule has 92 valence electrons. The van der Waals surface area contributed by atoms with Crippen molar-refractivity contribution >= 4 is 5.91 Å². The second-order valence-corrected chi connectivity index (χ2v) is 4.74. The molecule has 1 N–H and O–H groups in total. The lowest BCUT2D eigenvalue weighted by Gasteiger charge is -2.22. The van der Waals surface area contributed by atoms with Crippen LogP contribution in [0, 0.1) is 12.7 Å². The molecule has 0 radical (unpaired) electrons. The van der Waals surface area contributed by atoms with Gasteiger partial charge in [-0.25, -0.2) is 4.39 Å². The van der Waals surface area contributed by atoms with E-state index in [-0.39, 0.29) is 17.5 Å². The van der Waals surface area contributed by atoms with Crippen LogP contribution in [-0.2, 0) is 0 Å². The smallest absolute Gasteiger partial charge is 0.254 e. The number of hydrogen-bond donors (Lipinski definition) is 1. The summed E-state index contributed by atoms with van der Waals surface area (Å²) >= 11 is 0. The van der Waals surface area contributed by atoms with Crippen molar-refractivity contribution in [1.29, 1.82) is 0 Å². The Kier molecular flexibility index (Phi) is 3.77. The van der Waals surface area contributed by atoms with Crippen molar-refractivity contribution in [3.8, 4) is 0 Å². The lowest BCUT2D eigenvalue weighted by molar-refractivity contribution is 0.0923. The molecule has 1 aliphatic carbocycles. The van der Waals surface area contributed by atoms with Crippen molar-refractivity contribution in [2.45, 2.75) is 45.1 Å². The van der Waals surface area contributed by atoms with Gasteiger partial charge in [-0.3, -0.25) is 4.79 Å². The Morgan fingerprint density at radius 3 is 2.71 bits per heavy atom. The van der Waals surface area contributed by atoms with Crippen LogP contribution in [0.4, 0.5) is 4.39 Å². The zero-order valence-corrected chi connectivity index (χ0v) is 10.1. The van der Waals surface area contributed by atoms with Gasteiger partial charge in [0.15, 0.2) is 0 Å². The summed E-state index contributed by atoms with van der Waals surface area (Å²) in [6.07, 6.45) is 5.58. The monoisotopic (exact) mass is 235 g/mol. The first kappa shape index (κ1) is 12.1. The second-order valence-electron chi connectivity index (χ2n) is 4.74. The van der Waals surface area contributed by atoms with Gasteiger partial charge in [0, 0.05) is 6.04 Å². The summed E-state index contributed by atoms with van der Waals surface area (Å²) in [6.45, 7) is 1.67. The third-order valence-electron chi connectivity index (χ3n) is 3.38. The SMILES string of the molecule is Cc1cccc(C(=O)NC2CCCCC2)c1F. The molecule has 0 heterocycles. The predicted molar refractivity (Wildman–Crippen MR) is 65.5 cm³/mol. The molecule has 2 nitrogen and oxygen atoms in total. The van der Waals surface area contributed by atoms with Crippen LogP contribution in [0.5, 0.6) is 0 Å². The van der Waals surface area contributed by atoms with Gasteiger partial charge in [0.2, 0.25) is 0 Å². The molecule has 2 rings (SSSR count). The molecule has 1 aliphatic rings. The predicted octanol–water partition coefficient (Wildman–Crippen LogP) is 3.20. The first-order valence-corrected chi connectivity index (χ1v) is 6.24. The molecule has 1 saturated carbocycles. The maximum atomic E-state index is 13.7. The third kappa shape index (κ3) is 2.84. The van der Waals surface area contributed by atoms with Gasteiger partial charge in [0.25, 0.3) is 5.91 Å². The minimum Gasteiger partial charge on any atom is -0.349 e. The first-order chi connectivity index (χ1) is 8.18. The van der Waals surface area contributed by atoms with E-state index in [1.54, 1.807) is 25.1 Å². The van der Waals surface area contributed by atoms with E-state index in [0.29, 0.717) is 5.56 Å². The van der Waals surface area contributed by atoms with E-state index >= 15 is 0 Å². The number of rotatable bonds is 2. The van der Waals surface area contributed by atoms with Gasteiger partial charge in [-0.05, 0) is 31.4 Å². The van der Waals surface area contributed by atoms with Crippen LogP contribution < -0.4 is 5.32 Å². The summed E-state index contributed by atoms with van der Waals surface area (Å²) in [6, 6.07) is 5.15. The number of halogens is 1. The second kappa shape index (κ2) is 5.30. The van der Waals surface area contributed by atoms with E-state index in [2.05, 4.69) is 5.32 Å². The van der Waals surface area contributed by atoms with Gasteiger partial charge in [0.1, 0.15) is 5.82 Å². The van der Waals surface area contributed by atoms with E-state index in [9.17, 15) is 9.18 Å². The molecule has 1 aromatic rings. The summed E-state index contributed by atoms with van der Waals surface area (Å²) in [5, 5.41) is 2.92. The van der Waals surface area contributed by atoms with Gasteiger partial charge in [-0.1, -0.05) is 31.4 Å². The van der Waals surface area contributed by atoms with Crippen molar-refractivity contribution in [3.63, 3.8) is 0 Å². The molecule has 1 aromatic carbocycles. The number of aryl methyl sites for hydroxylation is 1. The fraction of sp³-hybridized carbons (Fsp3) is 0.500. The van der Waals surface area contributed by atoms with Gasteiger partial charge in [-0.2, -0.15) is 0 Å². The third-order valence-corrected chi connectivity index (χ3v) is 3.38. The van der Waals surface area contributed by atoms with Crippen molar-refractivity contribution < 1.29 is 9.18 Å². The average molecular weight is 235 g/mol. The first-order valence-electron chi connectivity index (χ1n) is 6.24. The van der Waals surface area contributed by atoms with Crippen molar-refractivity contribution in [3.05, 3.63) is 35.1 Å². The molecule has 0 aromatic heterocycles. The molecule has 1 fully saturated rings. The lowest BCUT2D eigenvalue weighted by Crippen LogP contribution is -2.36. The van der Waals surface area contributed by atoms with E-state index in [1.165, 1.54) is 6.42 Å². The van der Waals surface area contributed by atoms with Crippen LogP contribution >= 0.6 is 0 Å². The Morgan fingerprint density at radius 2 is 2.00 bits per heavy atom. The number of nitrogens with one attached hydrogen (secondary N) is 1. The zero-order chi connectivity index (χ0) is 12.3. The zero-order valence-electron chi connectivity index (χ0n) is 10.1. The number of hydrogen-bond acceptors (Lipinski definition) is 1. The Labute approximate surface area is 101 Å². The van der Waals surface area contributed by atoms with Crippen molar-refractivity contribution in [2.75, 3.05) is 0 Å². The Hall–Kier alpha value is -1.38. The summed E-state index contributed by atoms with van der Waals surface area (Å²) in [4.78, 5) is 11.9. The highest BCUT2D eigenvalue weighted by Gasteiger charge is 2.19. The Balaban J connectivity index is 2.06. The molecule has 0 spiro atoms. The van der Waals surface area contributed by atoms with Crippen molar-refractivity contribution in [2.24, 2.45) is 0 Å². The minimum atomic E-state index is -0.402. The van der Waals surface area contributed by atoms with Crippen LogP contribution in [0.15, 0.2) is 18.2 Å². The topological polar surface area (TPSA) is 29.1 Å².